The summed E-state index contributed by atoms with van der Waals surface area (Å²) in [5, 5.41) is 10.4. The maximum absolute atomic E-state index is 9.22. The van der Waals surface area contributed by atoms with Crippen molar-refractivity contribution in [1.29, 1.82) is 0 Å². The average molecular weight is 246 g/mol. The zero-order valence-electron chi connectivity index (χ0n) is 8.45. The zero-order valence-corrected chi connectivity index (χ0v) is 9.96. The molecule has 0 amide bonds. The minimum Gasteiger partial charge on any atom is -0.390 e. The van der Waals surface area contributed by atoms with Gasteiger partial charge in [-0.05, 0) is 24.6 Å². The molecule has 0 radical (unpaired) electrons. The Morgan fingerprint density at radius 2 is 2.00 bits per heavy atom. The monoisotopic (exact) mass is 245 g/mol. The standard InChI is InChI=1S/C11H13Cl2NO/c1-7(14-5-9(15)6-14)8-2-3-10(12)11(13)4-8/h2-4,7,9,15H,5-6H2,1H3/t7-/m1/s1. The van der Waals surface area contributed by atoms with Crippen LogP contribution >= 0.6 is 23.2 Å². The fourth-order valence-electron chi connectivity index (χ4n) is 1.79. The van der Waals surface area contributed by atoms with Crippen LogP contribution in [0.4, 0.5) is 0 Å². The third-order valence-corrected chi connectivity index (χ3v) is 3.60. The molecule has 2 nitrogen and oxygen atoms in total. The highest BCUT2D eigenvalue weighted by atomic mass is 35.5. The summed E-state index contributed by atoms with van der Waals surface area (Å²) < 4.78 is 0. The van der Waals surface area contributed by atoms with E-state index in [-0.39, 0.29) is 12.1 Å². The minimum absolute atomic E-state index is 0.171. The van der Waals surface area contributed by atoms with E-state index in [0.29, 0.717) is 10.0 Å². The molecule has 1 aliphatic heterocycles. The second kappa shape index (κ2) is 4.30. The van der Waals surface area contributed by atoms with E-state index in [1.54, 1.807) is 0 Å². The molecule has 0 unspecified atom stereocenters. The zero-order chi connectivity index (χ0) is 11.0. The fourth-order valence-corrected chi connectivity index (χ4v) is 2.09. The summed E-state index contributed by atoms with van der Waals surface area (Å²) in [6, 6.07) is 5.96. The number of aliphatic hydroxyl groups is 1. The minimum atomic E-state index is -0.171. The Bertz CT molecular complexity index is 364. The highest BCUT2D eigenvalue weighted by molar-refractivity contribution is 6.42. The molecule has 1 aromatic rings. The number of halogens is 2. The van der Waals surface area contributed by atoms with Crippen LogP contribution in [0, 0.1) is 0 Å². The van der Waals surface area contributed by atoms with Crippen LogP contribution in [-0.2, 0) is 0 Å². The van der Waals surface area contributed by atoms with Gasteiger partial charge in [-0.3, -0.25) is 4.90 Å². The summed E-state index contributed by atoms with van der Waals surface area (Å²) in [6.07, 6.45) is -0.171. The van der Waals surface area contributed by atoms with Crippen molar-refractivity contribution in [3.8, 4) is 0 Å². The van der Waals surface area contributed by atoms with Crippen LogP contribution in [0.2, 0.25) is 10.0 Å². The molecule has 2 rings (SSSR count). The van der Waals surface area contributed by atoms with Gasteiger partial charge >= 0.3 is 0 Å². The fraction of sp³-hybridized carbons (Fsp3) is 0.455. The Morgan fingerprint density at radius 1 is 1.33 bits per heavy atom. The summed E-state index contributed by atoms with van der Waals surface area (Å²) in [7, 11) is 0. The number of rotatable bonds is 2. The van der Waals surface area contributed by atoms with E-state index in [1.165, 1.54) is 0 Å². The predicted octanol–water partition coefficient (Wildman–Crippen LogP) is 2.73. The SMILES string of the molecule is C[C@H](c1ccc(Cl)c(Cl)c1)N1CC(O)C1. The number of β-amino-alcohol motifs (C(OH)–C–C–N with tert-alkyl or cyclic N) is 1. The lowest BCUT2D eigenvalue weighted by atomic mass is 10.0. The van der Waals surface area contributed by atoms with Crippen LogP contribution in [0.3, 0.4) is 0 Å². The maximum Gasteiger partial charge on any atom is 0.0794 e. The number of likely N-dealkylation sites (tertiary alicyclic amines) is 1. The normalized spacial score (nSPS) is 20.0. The lowest BCUT2D eigenvalue weighted by molar-refractivity contribution is -0.0211. The van der Waals surface area contributed by atoms with Crippen molar-refractivity contribution in [2.75, 3.05) is 13.1 Å². The first-order valence-electron chi connectivity index (χ1n) is 4.95. The molecular weight excluding hydrogens is 233 g/mol. The first-order chi connectivity index (χ1) is 7.08. The summed E-state index contributed by atoms with van der Waals surface area (Å²) >= 11 is 11.8. The van der Waals surface area contributed by atoms with Gasteiger partial charge in [0, 0.05) is 19.1 Å². The topological polar surface area (TPSA) is 23.5 Å². The van der Waals surface area contributed by atoms with Gasteiger partial charge in [0.1, 0.15) is 0 Å². The summed E-state index contributed by atoms with van der Waals surface area (Å²) in [4.78, 5) is 2.20. The van der Waals surface area contributed by atoms with Crippen molar-refractivity contribution in [2.24, 2.45) is 0 Å². The molecule has 0 bridgehead atoms. The molecule has 1 N–H and O–H groups in total. The van der Waals surface area contributed by atoms with E-state index < -0.39 is 0 Å². The van der Waals surface area contributed by atoms with Gasteiger partial charge in [-0.1, -0.05) is 29.3 Å². The van der Waals surface area contributed by atoms with Gasteiger partial charge in [0.25, 0.3) is 0 Å². The van der Waals surface area contributed by atoms with Crippen LogP contribution in [0.15, 0.2) is 18.2 Å². The van der Waals surface area contributed by atoms with Crippen molar-refractivity contribution in [3.05, 3.63) is 33.8 Å². The van der Waals surface area contributed by atoms with Crippen LogP contribution in [0.1, 0.15) is 18.5 Å². The number of hydrogen-bond donors (Lipinski definition) is 1. The second-order valence-electron chi connectivity index (χ2n) is 3.96. The van der Waals surface area contributed by atoms with E-state index in [4.69, 9.17) is 23.2 Å². The van der Waals surface area contributed by atoms with Gasteiger partial charge in [0.15, 0.2) is 0 Å². The first kappa shape index (κ1) is 11.2. The van der Waals surface area contributed by atoms with Crippen molar-refractivity contribution in [1.82, 2.24) is 4.90 Å². The largest absolute Gasteiger partial charge is 0.390 e. The van der Waals surface area contributed by atoms with Crippen molar-refractivity contribution in [2.45, 2.75) is 19.1 Å². The van der Waals surface area contributed by atoms with Crippen LogP contribution in [-0.4, -0.2) is 29.2 Å². The van der Waals surface area contributed by atoms with Gasteiger partial charge in [-0.25, -0.2) is 0 Å². The number of aliphatic hydroxyl groups excluding tert-OH is 1. The molecule has 1 fully saturated rings. The Morgan fingerprint density at radius 3 is 2.53 bits per heavy atom. The van der Waals surface area contributed by atoms with Gasteiger partial charge in [0.05, 0.1) is 16.1 Å². The number of hydrogen-bond acceptors (Lipinski definition) is 2. The van der Waals surface area contributed by atoms with Gasteiger partial charge in [-0.15, -0.1) is 0 Å². The number of benzene rings is 1. The van der Waals surface area contributed by atoms with E-state index in [0.717, 1.165) is 18.7 Å². The molecule has 0 aromatic heterocycles. The Labute approximate surface area is 99.4 Å². The lowest BCUT2D eigenvalue weighted by Gasteiger charge is -2.40. The highest BCUT2D eigenvalue weighted by Gasteiger charge is 2.29. The quantitative estimate of drug-likeness (QED) is 0.867. The molecule has 1 saturated heterocycles. The molecule has 4 heteroatoms. The molecule has 1 heterocycles. The molecule has 1 atom stereocenters. The van der Waals surface area contributed by atoms with Crippen LogP contribution in [0.5, 0.6) is 0 Å². The number of nitrogens with zero attached hydrogens (tertiary/aromatic N) is 1. The lowest BCUT2D eigenvalue weighted by Crippen LogP contribution is -2.51. The Kier molecular flexibility index (Phi) is 3.21. The predicted molar refractivity (Wildman–Crippen MR) is 62.5 cm³/mol. The van der Waals surface area contributed by atoms with E-state index in [2.05, 4.69) is 11.8 Å². The maximum atomic E-state index is 9.22. The smallest absolute Gasteiger partial charge is 0.0794 e. The van der Waals surface area contributed by atoms with Gasteiger partial charge in [0.2, 0.25) is 0 Å². The average Bonchev–Trinajstić information content (AvgIpc) is 2.16. The summed E-state index contributed by atoms with van der Waals surface area (Å²) in [6.45, 7) is 3.58. The summed E-state index contributed by atoms with van der Waals surface area (Å²) in [5.74, 6) is 0. The van der Waals surface area contributed by atoms with Crippen molar-refractivity contribution in [3.63, 3.8) is 0 Å². The third kappa shape index (κ3) is 2.28. The third-order valence-electron chi connectivity index (χ3n) is 2.86. The van der Waals surface area contributed by atoms with Crippen molar-refractivity contribution < 1.29 is 5.11 Å². The van der Waals surface area contributed by atoms with Crippen LogP contribution < -0.4 is 0 Å². The molecule has 0 saturated carbocycles. The highest BCUT2D eigenvalue weighted by Crippen LogP contribution is 2.30. The Hall–Kier alpha value is -0.280. The molecule has 0 aliphatic carbocycles. The molecule has 1 aliphatic rings. The van der Waals surface area contributed by atoms with Gasteiger partial charge < -0.3 is 5.11 Å². The molecule has 15 heavy (non-hydrogen) atoms. The van der Waals surface area contributed by atoms with E-state index in [1.807, 2.05) is 18.2 Å². The Balaban J connectivity index is 2.12. The molecule has 1 aromatic carbocycles. The van der Waals surface area contributed by atoms with Crippen molar-refractivity contribution >= 4 is 23.2 Å². The van der Waals surface area contributed by atoms with E-state index in [9.17, 15) is 5.11 Å². The van der Waals surface area contributed by atoms with Gasteiger partial charge in [-0.2, -0.15) is 0 Å². The van der Waals surface area contributed by atoms with E-state index >= 15 is 0 Å². The van der Waals surface area contributed by atoms with Crippen LogP contribution in [0.25, 0.3) is 0 Å². The molecule has 82 valence electrons. The molecule has 0 spiro atoms. The first-order valence-corrected chi connectivity index (χ1v) is 5.70. The second-order valence-corrected chi connectivity index (χ2v) is 4.77. The summed E-state index contributed by atoms with van der Waals surface area (Å²) in [5.41, 5.74) is 1.14. The molecular formula is C11H13Cl2NO.